The van der Waals surface area contributed by atoms with Gasteiger partial charge in [-0.2, -0.15) is 9.97 Å². The number of nitrogens with zero attached hydrogens (tertiary/aromatic N) is 5. The van der Waals surface area contributed by atoms with E-state index in [-0.39, 0.29) is 18.1 Å². The molecule has 154 valence electrons. The predicted molar refractivity (Wildman–Crippen MR) is 111 cm³/mol. The van der Waals surface area contributed by atoms with Crippen molar-refractivity contribution in [3.05, 3.63) is 29.8 Å². The van der Waals surface area contributed by atoms with Crippen molar-refractivity contribution < 1.29 is 9.53 Å². The highest BCUT2D eigenvalue weighted by atomic mass is 16.5. The average Bonchev–Trinajstić information content (AvgIpc) is 3.09. The van der Waals surface area contributed by atoms with E-state index in [1.54, 1.807) is 10.7 Å². The predicted octanol–water partition coefficient (Wildman–Crippen LogP) is 2.10. The fraction of sp³-hybridized carbons (Fsp3) is 0.421. The van der Waals surface area contributed by atoms with Crippen molar-refractivity contribution in [1.82, 2.24) is 25.0 Å². The highest BCUT2D eigenvalue weighted by molar-refractivity contribution is 5.83. The van der Waals surface area contributed by atoms with Crippen LogP contribution in [0.1, 0.15) is 39.3 Å². The summed E-state index contributed by atoms with van der Waals surface area (Å²) in [5.74, 6) is 1.10. The number of nitrogens with two attached hydrogens (primary N) is 1. The minimum Gasteiger partial charge on any atom is -0.426 e. The monoisotopic (exact) mass is 398 g/mol. The van der Waals surface area contributed by atoms with Gasteiger partial charge in [0.15, 0.2) is 17.0 Å². The SMILES string of the molecule is CC(=O)Oc1ccccc1CNc1nc(NCC(C)N)nc2c1nnn2C(C)C. The van der Waals surface area contributed by atoms with Gasteiger partial charge in [-0.25, -0.2) is 4.68 Å². The van der Waals surface area contributed by atoms with Crippen molar-refractivity contribution in [3.8, 4) is 5.75 Å². The molecule has 0 spiro atoms. The maximum absolute atomic E-state index is 11.3. The lowest BCUT2D eigenvalue weighted by Crippen LogP contribution is -2.26. The molecule has 1 unspecified atom stereocenters. The summed E-state index contributed by atoms with van der Waals surface area (Å²) < 4.78 is 7.02. The van der Waals surface area contributed by atoms with Crippen LogP contribution in [0.2, 0.25) is 0 Å². The number of fused-ring (bicyclic) bond motifs is 1. The summed E-state index contributed by atoms with van der Waals surface area (Å²) in [6.45, 7) is 8.21. The highest BCUT2D eigenvalue weighted by Gasteiger charge is 2.17. The summed E-state index contributed by atoms with van der Waals surface area (Å²) in [6.07, 6.45) is 0. The molecule has 2 heterocycles. The van der Waals surface area contributed by atoms with E-state index in [4.69, 9.17) is 10.5 Å². The van der Waals surface area contributed by atoms with Crippen molar-refractivity contribution in [1.29, 1.82) is 0 Å². The Kier molecular flexibility index (Phi) is 6.23. The van der Waals surface area contributed by atoms with Crippen LogP contribution in [0.5, 0.6) is 5.75 Å². The number of ether oxygens (including phenoxy) is 1. The third-order valence-corrected chi connectivity index (χ3v) is 4.07. The van der Waals surface area contributed by atoms with Gasteiger partial charge in [0.25, 0.3) is 0 Å². The number of rotatable bonds is 8. The molecule has 0 saturated heterocycles. The molecule has 0 aliphatic heterocycles. The van der Waals surface area contributed by atoms with Gasteiger partial charge in [-0.15, -0.1) is 5.10 Å². The minimum atomic E-state index is -0.371. The molecule has 0 radical (unpaired) electrons. The smallest absolute Gasteiger partial charge is 0.308 e. The van der Waals surface area contributed by atoms with E-state index in [1.165, 1.54) is 6.92 Å². The molecule has 3 rings (SSSR count). The Balaban J connectivity index is 1.93. The third kappa shape index (κ3) is 4.96. The first-order chi connectivity index (χ1) is 13.8. The third-order valence-electron chi connectivity index (χ3n) is 4.07. The molecule has 0 fully saturated rings. The lowest BCUT2D eigenvalue weighted by molar-refractivity contribution is -0.131. The number of carbonyl (C=O) groups excluding carboxylic acids is 1. The van der Waals surface area contributed by atoms with Gasteiger partial charge in [0.2, 0.25) is 5.95 Å². The summed E-state index contributed by atoms with van der Waals surface area (Å²) >= 11 is 0. The van der Waals surface area contributed by atoms with Gasteiger partial charge < -0.3 is 21.1 Å². The summed E-state index contributed by atoms with van der Waals surface area (Å²) in [5.41, 5.74) is 7.84. The van der Waals surface area contributed by atoms with Gasteiger partial charge in [0, 0.05) is 31.6 Å². The van der Waals surface area contributed by atoms with Crippen molar-refractivity contribution in [3.63, 3.8) is 0 Å². The number of aromatic nitrogens is 5. The molecule has 1 atom stereocenters. The Hall–Kier alpha value is -3.27. The lowest BCUT2D eigenvalue weighted by atomic mass is 10.2. The second-order valence-electron chi connectivity index (χ2n) is 7.11. The molecule has 0 amide bonds. The van der Waals surface area contributed by atoms with Gasteiger partial charge in [-0.05, 0) is 26.8 Å². The number of nitrogens with one attached hydrogen (secondary N) is 2. The van der Waals surface area contributed by atoms with Crippen LogP contribution in [0, 0.1) is 0 Å². The van der Waals surface area contributed by atoms with Crippen molar-refractivity contribution in [2.45, 2.75) is 46.3 Å². The Morgan fingerprint density at radius 3 is 2.66 bits per heavy atom. The van der Waals surface area contributed by atoms with Crippen LogP contribution in [-0.4, -0.2) is 43.5 Å². The average molecular weight is 398 g/mol. The Bertz CT molecular complexity index is 999. The molecule has 29 heavy (non-hydrogen) atoms. The molecule has 10 heteroatoms. The molecule has 0 aliphatic carbocycles. The van der Waals surface area contributed by atoms with Crippen molar-refractivity contribution >= 4 is 28.9 Å². The van der Waals surface area contributed by atoms with Gasteiger partial charge in [-0.3, -0.25) is 4.79 Å². The fourth-order valence-corrected chi connectivity index (χ4v) is 2.72. The topological polar surface area (TPSA) is 133 Å². The molecule has 3 aromatic rings. The first kappa shape index (κ1) is 20.5. The fourth-order valence-electron chi connectivity index (χ4n) is 2.72. The van der Waals surface area contributed by atoms with E-state index in [9.17, 15) is 4.79 Å². The van der Waals surface area contributed by atoms with Crippen molar-refractivity contribution in [2.24, 2.45) is 5.73 Å². The number of hydrogen-bond acceptors (Lipinski definition) is 9. The van der Waals surface area contributed by atoms with Gasteiger partial charge in [0.1, 0.15) is 5.75 Å². The molecule has 4 N–H and O–H groups in total. The molecule has 0 bridgehead atoms. The Morgan fingerprint density at radius 1 is 1.21 bits per heavy atom. The molecule has 0 saturated carbocycles. The zero-order valence-electron chi connectivity index (χ0n) is 17.0. The van der Waals surface area contributed by atoms with Crippen LogP contribution in [-0.2, 0) is 11.3 Å². The Labute approximate surface area is 168 Å². The van der Waals surface area contributed by atoms with Crippen LogP contribution >= 0.6 is 0 Å². The molecule has 0 aliphatic rings. The van der Waals surface area contributed by atoms with E-state index in [1.807, 2.05) is 39.0 Å². The molecule has 1 aromatic carbocycles. The zero-order chi connectivity index (χ0) is 21.0. The molecule has 2 aromatic heterocycles. The second-order valence-corrected chi connectivity index (χ2v) is 7.11. The molecular formula is C19H26N8O2. The standard InChI is InChI=1S/C19H26N8O2/c1-11(2)27-18-16(25-26-27)17(23-19(24-18)22-9-12(3)20)21-10-14-7-5-6-8-15(14)29-13(4)28/h5-8,11-12H,9-10,20H2,1-4H3,(H2,21,22,23,24). The number of anilines is 2. The number of carbonyl (C=O) groups is 1. The van der Waals surface area contributed by atoms with Gasteiger partial charge in [0.05, 0.1) is 6.04 Å². The van der Waals surface area contributed by atoms with Gasteiger partial charge >= 0.3 is 5.97 Å². The summed E-state index contributed by atoms with van der Waals surface area (Å²) in [5, 5.41) is 14.9. The number of esters is 1. The van der Waals surface area contributed by atoms with E-state index in [0.717, 1.165) is 5.56 Å². The number of benzene rings is 1. The van der Waals surface area contributed by atoms with E-state index >= 15 is 0 Å². The van der Waals surface area contributed by atoms with E-state index < -0.39 is 0 Å². The lowest BCUT2D eigenvalue weighted by Gasteiger charge is -2.13. The normalized spacial score (nSPS) is 12.2. The largest absolute Gasteiger partial charge is 0.426 e. The van der Waals surface area contributed by atoms with Crippen LogP contribution in [0.15, 0.2) is 24.3 Å². The first-order valence-electron chi connectivity index (χ1n) is 9.47. The summed E-state index contributed by atoms with van der Waals surface area (Å²) in [7, 11) is 0. The first-order valence-corrected chi connectivity index (χ1v) is 9.47. The Morgan fingerprint density at radius 2 is 1.97 bits per heavy atom. The minimum absolute atomic E-state index is 0.0468. The van der Waals surface area contributed by atoms with Crippen LogP contribution in [0.4, 0.5) is 11.8 Å². The number of hydrogen-bond donors (Lipinski definition) is 3. The summed E-state index contributed by atoms with van der Waals surface area (Å²) in [4.78, 5) is 20.4. The zero-order valence-corrected chi connectivity index (χ0v) is 17.0. The van der Waals surface area contributed by atoms with Crippen LogP contribution in [0.3, 0.4) is 0 Å². The van der Waals surface area contributed by atoms with Crippen LogP contribution in [0.25, 0.3) is 11.2 Å². The quantitative estimate of drug-likeness (QED) is 0.385. The van der Waals surface area contributed by atoms with E-state index in [0.29, 0.717) is 41.8 Å². The van der Waals surface area contributed by atoms with Crippen molar-refractivity contribution in [2.75, 3.05) is 17.2 Å². The summed E-state index contributed by atoms with van der Waals surface area (Å²) in [6, 6.07) is 7.37. The second kappa shape index (κ2) is 8.82. The van der Waals surface area contributed by atoms with Gasteiger partial charge in [-0.1, -0.05) is 23.4 Å². The molecule has 10 nitrogen and oxygen atoms in total. The number of para-hydroxylation sites is 1. The highest BCUT2D eigenvalue weighted by Crippen LogP contribution is 2.24. The maximum Gasteiger partial charge on any atom is 0.308 e. The van der Waals surface area contributed by atoms with E-state index in [2.05, 4.69) is 30.9 Å². The molecular weight excluding hydrogens is 372 g/mol. The van der Waals surface area contributed by atoms with Crippen LogP contribution < -0.4 is 21.1 Å². The maximum atomic E-state index is 11.3.